The molecule has 1 heterocycles. The fourth-order valence-electron chi connectivity index (χ4n) is 4.75. The molecule has 2 bridgehead atoms. The van der Waals surface area contributed by atoms with Crippen molar-refractivity contribution < 1.29 is 4.79 Å². The van der Waals surface area contributed by atoms with Gasteiger partial charge in [0.15, 0.2) is 0 Å². The number of fused-ring (bicyclic) bond motifs is 2. The molecule has 1 N–H and O–H groups in total. The molecule has 0 aromatic carbocycles. The van der Waals surface area contributed by atoms with Crippen LogP contribution in [0.4, 0.5) is 0 Å². The third-order valence-electron chi connectivity index (χ3n) is 5.67. The largest absolute Gasteiger partial charge is 0.323 e. The monoisotopic (exact) mass is 250 g/mol. The van der Waals surface area contributed by atoms with Crippen LogP contribution >= 0.6 is 0 Å². The molecule has 3 fully saturated rings. The Morgan fingerprint density at radius 1 is 1.39 bits per heavy atom. The molecule has 3 aliphatic rings. The van der Waals surface area contributed by atoms with Gasteiger partial charge >= 0.3 is 0 Å². The smallest absolute Gasteiger partial charge is 0.241 e. The summed E-state index contributed by atoms with van der Waals surface area (Å²) in [6, 6.07) is 0.480. The van der Waals surface area contributed by atoms with Gasteiger partial charge in [0.25, 0.3) is 0 Å². The lowest BCUT2D eigenvalue weighted by Gasteiger charge is -2.36. The molecule has 0 radical (unpaired) electrons. The molecule has 3 rings (SSSR count). The molecule has 2 saturated carbocycles. The van der Waals surface area contributed by atoms with Crippen LogP contribution in [-0.2, 0) is 4.79 Å². The molecule has 0 spiro atoms. The molecule has 0 aromatic rings. The van der Waals surface area contributed by atoms with Crippen LogP contribution in [0.25, 0.3) is 0 Å². The van der Waals surface area contributed by atoms with Gasteiger partial charge < -0.3 is 4.90 Å². The predicted octanol–water partition coefficient (Wildman–Crippen LogP) is 2.37. The van der Waals surface area contributed by atoms with Crippen molar-refractivity contribution in [2.45, 2.75) is 71.1 Å². The second-order valence-corrected chi connectivity index (χ2v) is 6.63. The fraction of sp³-hybridized carbons (Fsp3) is 0.933. The minimum absolute atomic E-state index is 0.0565. The summed E-state index contributed by atoms with van der Waals surface area (Å²) in [5, 5.41) is 3.43. The summed E-state index contributed by atoms with van der Waals surface area (Å²) < 4.78 is 0. The van der Waals surface area contributed by atoms with Crippen molar-refractivity contribution in [2.75, 3.05) is 0 Å². The molecule has 2 aliphatic carbocycles. The summed E-state index contributed by atoms with van der Waals surface area (Å²) in [6.07, 6.45) is 6.75. The van der Waals surface area contributed by atoms with E-state index in [9.17, 15) is 4.79 Å². The molecular weight excluding hydrogens is 224 g/mol. The minimum Gasteiger partial charge on any atom is -0.323 e. The highest BCUT2D eigenvalue weighted by Crippen LogP contribution is 2.50. The highest BCUT2D eigenvalue weighted by molar-refractivity contribution is 5.84. The summed E-state index contributed by atoms with van der Waals surface area (Å²) >= 11 is 0. The van der Waals surface area contributed by atoms with E-state index in [0.717, 1.165) is 24.2 Å². The van der Waals surface area contributed by atoms with Crippen LogP contribution in [0.5, 0.6) is 0 Å². The van der Waals surface area contributed by atoms with Crippen LogP contribution in [0.2, 0.25) is 0 Å². The molecule has 1 aliphatic heterocycles. The zero-order chi connectivity index (χ0) is 12.9. The number of carbonyl (C=O) groups excluding carboxylic acids is 1. The van der Waals surface area contributed by atoms with Crippen LogP contribution in [0.15, 0.2) is 0 Å². The highest BCUT2D eigenvalue weighted by Gasteiger charge is 2.47. The van der Waals surface area contributed by atoms with Gasteiger partial charge in [-0.05, 0) is 57.3 Å². The Hall–Kier alpha value is -0.570. The van der Waals surface area contributed by atoms with E-state index < -0.39 is 0 Å². The van der Waals surface area contributed by atoms with Crippen molar-refractivity contribution in [3.05, 3.63) is 0 Å². The maximum absolute atomic E-state index is 12.4. The summed E-state index contributed by atoms with van der Waals surface area (Å²) in [5.41, 5.74) is 0. The van der Waals surface area contributed by atoms with E-state index in [1.165, 1.54) is 25.7 Å². The van der Waals surface area contributed by atoms with Crippen molar-refractivity contribution in [1.82, 2.24) is 10.2 Å². The first-order valence-corrected chi connectivity index (χ1v) is 7.70. The van der Waals surface area contributed by atoms with Gasteiger partial charge in [-0.15, -0.1) is 0 Å². The Kier molecular flexibility index (Phi) is 3.13. The molecule has 6 atom stereocenters. The average Bonchev–Trinajstić information content (AvgIpc) is 3.03. The first kappa shape index (κ1) is 12.5. The quantitative estimate of drug-likeness (QED) is 0.834. The van der Waals surface area contributed by atoms with E-state index in [2.05, 4.69) is 31.0 Å². The fourth-order valence-corrected chi connectivity index (χ4v) is 4.75. The Balaban J connectivity index is 1.72. The van der Waals surface area contributed by atoms with Crippen LogP contribution in [-0.4, -0.2) is 29.1 Å². The first-order valence-electron chi connectivity index (χ1n) is 7.70. The van der Waals surface area contributed by atoms with Crippen LogP contribution in [0.1, 0.15) is 52.9 Å². The van der Waals surface area contributed by atoms with Crippen LogP contribution < -0.4 is 5.32 Å². The SMILES string of the molecule is CCC1NC(C)N(C(C)C2CC3CCC2C3)C1=O. The molecule has 0 aromatic heterocycles. The second-order valence-electron chi connectivity index (χ2n) is 6.63. The van der Waals surface area contributed by atoms with Gasteiger partial charge in [-0.3, -0.25) is 10.1 Å². The van der Waals surface area contributed by atoms with Gasteiger partial charge in [0.1, 0.15) is 0 Å². The molecule has 18 heavy (non-hydrogen) atoms. The predicted molar refractivity (Wildman–Crippen MR) is 71.9 cm³/mol. The standard InChI is InChI=1S/C15H26N2O/c1-4-14-15(18)17(10(3)16-14)9(2)13-8-11-5-6-12(13)7-11/h9-14,16H,4-8H2,1-3H3. The number of nitrogens with zero attached hydrogens (tertiary/aromatic N) is 1. The van der Waals surface area contributed by atoms with Crippen LogP contribution in [0.3, 0.4) is 0 Å². The summed E-state index contributed by atoms with van der Waals surface area (Å²) in [4.78, 5) is 14.6. The van der Waals surface area contributed by atoms with Crippen molar-refractivity contribution in [3.63, 3.8) is 0 Å². The first-order chi connectivity index (χ1) is 8.61. The van der Waals surface area contributed by atoms with E-state index in [4.69, 9.17) is 0 Å². The number of rotatable bonds is 3. The van der Waals surface area contributed by atoms with E-state index in [1.807, 2.05) is 0 Å². The number of hydrogen-bond acceptors (Lipinski definition) is 2. The average molecular weight is 250 g/mol. The zero-order valence-corrected chi connectivity index (χ0v) is 11.9. The molecule has 6 unspecified atom stereocenters. The molecule has 3 nitrogen and oxygen atoms in total. The summed E-state index contributed by atoms with van der Waals surface area (Å²) in [6.45, 7) is 6.50. The lowest BCUT2D eigenvalue weighted by molar-refractivity contribution is -0.133. The summed E-state index contributed by atoms with van der Waals surface area (Å²) in [5.74, 6) is 2.95. The molecular formula is C15H26N2O. The van der Waals surface area contributed by atoms with Gasteiger partial charge in [-0.1, -0.05) is 13.3 Å². The van der Waals surface area contributed by atoms with Gasteiger partial charge in [-0.2, -0.15) is 0 Å². The van der Waals surface area contributed by atoms with Crippen molar-refractivity contribution in [1.29, 1.82) is 0 Å². The van der Waals surface area contributed by atoms with Crippen molar-refractivity contribution in [2.24, 2.45) is 17.8 Å². The number of amides is 1. The number of carbonyl (C=O) groups is 1. The lowest BCUT2D eigenvalue weighted by Crippen LogP contribution is -2.46. The number of nitrogens with one attached hydrogen (secondary N) is 1. The topological polar surface area (TPSA) is 32.3 Å². The Morgan fingerprint density at radius 2 is 2.17 bits per heavy atom. The van der Waals surface area contributed by atoms with Gasteiger partial charge in [0, 0.05) is 6.04 Å². The summed E-state index contributed by atoms with van der Waals surface area (Å²) in [7, 11) is 0. The van der Waals surface area contributed by atoms with E-state index in [0.29, 0.717) is 11.9 Å². The van der Waals surface area contributed by atoms with Crippen molar-refractivity contribution >= 4 is 5.91 Å². The molecule has 3 heteroatoms. The van der Waals surface area contributed by atoms with E-state index in [1.54, 1.807) is 0 Å². The Bertz CT molecular complexity index is 343. The van der Waals surface area contributed by atoms with Crippen molar-refractivity contribution in [3.8, 4) is 0 Å². The number of hydrogen-bond donors (Lipinski definition) is 1. The van der Waals surface area contributed by atoms with Crippen LogP contribution in [0, 0.1) is 17.8 Å². The third kappa shape index (κ3) is 1.78. The van der Waals surface area contributed by atoms with Gasteiger partial charge in [-0.25, -0.2) is 0 Å². The van der Waals surface area contributed by atoms with E-state index >= 15 is 0 Å². The third-order valence-corrected chi connectivity index (χ3v) is 5.67. The molecule has 1 saturated heterocycles. The zero-order valence-electron chi connectivity index (χ0n) is 11.9. The van der Waals surface area contributed by atoms with Gasteiger partial charge in [0.2, 0.25) is 5.91 Å². The normalized spacial score (nSPS) is 44.9. The maximum Gasteiger partial charge on any atom is 0.241 e. The lowest BCUT2D eigenvalue weighted by atomic mass is 9.83. The molecule has 1 amide bonds. The maximum atomic E-state index is 12.4. The second kappa shape index (κ2) is 4.52. The highest BCUT2D eigenvalue weighted by atomic mass is 16.2. The van der Waals surface area contributed by atoms with E-state index in [-0.39, 0.29) is 12.2 Å². The van der Waals surface area contributed by atoms with Gasteiger partial charge in [0.05, 0.1) is 12.2 Å². The molecule has 102 valence electrons. The Morgan fingerprint density at radius 3 is 2.67 bits per heavy atom. The minimum atomic E-state index is 0.0565. The Labute approximate surface area is 110 Å².